The molecule has 0 atom stereocenters. The fourth-order valence-electron chi connectivity index (χ4n) is 1.70. The van der Waals surface area contributed by atoms with Crippen LogP contribution in [0.4, 0.5) is 11.5 Å². The Morgan fingerprint density at radius 2 is 2.19 bits per heavy atom. The van der Waals surface area contributed by atoms with Crippen LogP contribution < -0.4 is 5.32 Å². The monoisotopic (exact) mass is 307 g/mol. The van der Waals surface area contributed by atoms with Gasteiger partial charge in [0.05, 0.1) is 4.92 Å². The van der Waals surface area contributed by atoms with Crippen LogP contribution in [0.15, 0.2) is 36.5 Å². The Morgan fingerprint density at radius 1 is 1.43 bits per heavy atom. The van der Waals surface area contributed by atoms with E-state index in [0.717, 1.165) is 17.8 Å². The smallest absolute Gasteiger partial charge is 0.342 e. The van der Waals surface area contributed by atoms with E-state index in [2.05, 4.69) is 10.3 Å². The summed E-state index contributed by atoms with van der Waals surface area (Å²) in [4.78, 5) is 24.8. The molecule has 0 saturated heterocycles. The zero-order valence-electron chi connectivity index (χ0n) is 10.6. The van der Waals surface area contributed by atoms with Crippen molar-refractivity contribution < 1.29 is 14.8 Å². The number of benzene rings is 1. The third-order valence-electron chi connectivity index (χ3n) is 2.67. The van der Waals surface area contributed by atoms with Gasteiger partial charge in [-0.2, -0.15) is 0 Å². The molecule has 2 rings (SSSR count). The highest BCUT2D eigenvalue weighted by Gasteiger charge is 2.20. The van der Waals surface area contributed by atoms with Gasteiger partial charge in [-0.15, -0.1) is 0 Å². The molecule has 21 heavy (non-hydrogen) atoms. The normalized spacial score (nSPS) is 10.1. The number of carbonyl (C=O) groups is 1. The minimum absolute atomic E-state index is 0.234. The lowest BCUT2D eigenvalue weighted by atomic mass is 10.2. The fraction of sp³-hybridized carbons (Fsp3) is 0.0769. The number of aromatic carboxylic acids is 1. The molecule has 1 aromatic heterocycles. The Balaban J connectivity index is 2.19. The average molecular weight is 308 g/mol. The minimum atomic E-state index is -1.38. The Labute approximate surface area is 124 Å². The van der Waals surface area contributed by atoms with E-state index < -0.39 is 22.1 Å². The number of carboxylic acid groups (broad SMARTS) is 1. The molecule has 0 bridgehead atoms. The standard InChI is InChI=1S/C13H10ClN3O4/c14-9-3-1-2-8(4-9)6-15-12-5-10(13(18)19)11(7-16-12)17(20)21/h1-5,7H,6H2,(H,15,16)(H,18,19). The molecule has 0 radical (unpaired) electrons. The van der Waals surface area contributed by atoms with Crippen molar-refractivity contribution in [2.45, 2.75) is 6.54 Å². The molecule has 108 valence electrons. The van der Waals surface area contributed by atoms with Crippen LogP contribution in [-0.2, 0) is 6.54 Å². The van der Waals surface area contributed by atoms with Gasteiger partial charge in [0.15, 0.2) is 0 Å². The van der Waals surface area contributed by atoms with E-state index in [4.69, 9.17) is 16.7 Å². The second kappa shape index (κ2) is 6.19. The van der Waals surface area contributed by atoms with Crippen LogP contribution in [0.5, 0.6) is 0 Å². The fourth-order valence-corrected chi connectivity index (χ4v) is 1.91. The van der Waals surface area contributed by atoms with Gasteiger partial charge in [0.1, 0.15) is 17.6 Å². The Kier molecular flexibility index (Phi) is 4.34. The molecular weight excluding hydrogens is 298 g/mol. The molecule has 0 saturated carbocycles. The van der Waals surface area contributed by atoms with Crippen molar-refractivity contribution in [2.75, 3.05) is 5.32 Å². The summed E-state index contributed by atoms with van der Waals surface area (Å²) in [5.74, 6) is -1.15. The zero-order valence-corrected chi connectivity index (χ0v) is 11.4. The highest BCUT2D eigenvalue weighted by molar-refractivity contribution is 6.30. The van der Waals surface area contributed by atoms with Crippen LogP contribution in [0.1, 0.15) is 15.9 Å². The van der Waals surface area contributed by atoms with Crippen LogP contribution >= 0.6 is 11.6 Å². The molecular formula is C13H10ClN3O4. The summed E-state index contributed by atoms with van der Waals surface area (Å²) in [5.41, 5.74) is -0.0843. The van der Waals surface area contributed by atoms with Crippen LogP contribution in [0.25, 0.3) is 0 Å². The molecule has 0 amide bonds. The summed E-state index contributed by atoms with van der Waals surface area (Å²) >= 11 is 5.85. The molecule has 7 nitrogen and oxygen atoms in total. The summed E-state index contributed by atoms with van der Waals surface area (Å²) in [6, 6.07) is 8.23. The third kappa shape index (κ3) is 3.67. The van der Waals surface area contributed by atoms with Crippen molar-refractivity contribution in [2.24, 2.45) is 0 Å². The molecule has 2 aromatic rings. The SMILES string of the molecule is O=C(O)c1cc(NCc2cccc(Cl)c2)ncc1[N+](=O)[O-]. The van der Waals surface area contributed by atoms with Gasteiger partial charge in [0, 0.05) is 17.6 Å². The van der Waals surface area contributed by atoms with E-state index >= 15 is 0 Å². The predicted octanol–water partition coefficient (Wildman–Crippen LogP) is 2.95. The highest BCUT2D eigenvalue weighted by Crippen LogP contribution is 2.21. The molecule has 1 aromatic carbocycles. The maximum atomic E-state index is 11.0. The lowest BCUT2D eigenvalue weighted by molar-refractivity contribution is -0.385. The number of aromatic nitrogens is 1. The second-order valence-electron chi connectivity index (χ2n) is 4.13. The van der Waals surface area contributed by atoms with Crippen LogP contribution in [0, 0.1) is 10.1 Å². The number of nitrogens with one attached hydrogen (secondary N) is 1. The lowest BCUT2D eigenvalue weighted by Gasteiger charge is -2.07. The first-order valence-electron chi connectivity index (χ1n) is 5.83. The Morgan fingerprint density at radius 3 is 2.81 bits per heavy atom. The van der Waals surface area contributed by atoms with Gasteiger partial charge in [-0.25, -0.2) is 9.78 Å². The number of anilines is 1. The number of hydrogen-bond donors (Lipinski definition) is 2. The molecule has 0 aliphatic carbocycles. The van der Waals surface area contributed by atoms with Crippen molar-refractivity contribution >= 4 is 29.1 Å². The number of nitro groups is 1. The van der Waals surface area contributed by atoms with E-state index in [-0.39, 0.29) is 5.82 Å². The zero-order chi connectivity index (χ0) is 15.4. The first-order chi connectivity index (χ1) is 9.97. The van der Waals surface area contributed by atoms with Gasteiger partial charge in [-0.1, -0.05) is 23.7 Å². The van der Waals surface area contributed by atoms with E-state index in [1.807, 2.05) is 6.07 Å². The molecule has 0 unspecified atom stereocenters. The van der Waals surface area contributed by atoms with Gasteiger partial charge in [0.25, 0.3) is 0 Å². The summed E-state index contributed by atoms with van der Waals surface area (Å²) < 4.78 is 0. The quantitative estimate of drug-likeness (QED) is 0.650. The largest absolute Gasteiger partial charge is 0.477 e. The van der Waals surface area contributed by atoms with Crippen LogP contribution in [0.2, 0.25) is 5.02 Å². The van der Waals surface area contributed by atoms with Crippen molar-refractivity contribution in [3.05, 3.63) is 62.8 Å². The van der Waals surface area contributed by atoms with Crippen molar-refractivity contribution in [1.82, 2.24) is 4.98 Å². The summed E-state index contributed by atoms with van der Waals surface area (Å²) in [6.07, 6.45) is 0.920. The first kappa shape index (κ1) is 14.7. The summed E-state index contributed by atoms with van der Waals surface area (Å²) in [5, 5.41) is 23.2. The number of pyridine rings is 1. The molecule has 2 N–H and O–H groups in total. The van der Waals surface area contributed by atoms with Gasteiger partial charge in [0.2, 0.25) is 0 Å². The van der Waals surface area contributed by atoms with Crippen molar-refractivity contribution in [1.29, 1.82) is 0 Å². The number of carboxylic acids is 1. The summed E-state index contributed by atoms with van der Waals surface area (Å²) in [6.45, 7) is 0.366. The predicted molar refractivity (Wildman–Crippen MR) is 76.6 cm³/mol. The Bertz CT molecular complexity index is 706. The molecule has 0 spiro atoms. The van der Waals surface area contributed by atoms with Gasteiger partial charge >= 0.3 is 11.7 Å². The maximum absolute atomic E-state index is 11.0. The first-order valence-corrected chi connectivity index (χ1v) is 6.21. The van der Waals surface area contributed by atoms with Crippen LogP contribution in [0.3, 0.4) is 0 Å². The highest BCUT2D eigenvalue weighted by atomic mass is 35.5. The van der Waals surface area contributed by atoms with E-state index in [1.54, 1.807) is 18.2 Å². The Hall–Kier alpha value is -2.67. The van der Waals surface area contributed by atoms with Crippen LogP contribution in [-0.4, -0.2) is 21.0 Å². The number of halogens is 1. The van der Waals surface area contributed by atoms with Gasteiger partial charge in [-0.3, -0.25) is 10.1 Å². The third-order valence-corrected chi connectivity index (χ3v) is 2.91. The van der Waals surface area contributed by atoms with Gasteiger partial charge < -0.3 is 10.4 Å². The molecule has 1 heterocycles. The number of hydrogen-bond acceptors (Lipinski definition) is 5. The average Bonchev–Trinajstić information content (AvgIpc) is 2.44. The maximum Gasteiger partial charge on any atom is 0.342 e. The summed E-state index contributed by atoms with van der Waals surface area (Å²) in [7, 11) is 0. The second-order valence-corrected chi connectivity index (χ2v) is 4.57. The van der Waals surface area contributed by atoms with Gasteiger partial charge in [-0.05, 0) is 17.7 Å². The lowest BCUT2D eigenvalue weighted by Crippen LogP contribution is -2.07. The van der Waals surface area contributed by atoms with E-state index in [1.165, 1.54) is 0 Å². The van der Waals surface area contributed by atoms with Crippen molar-refractivity contribution in [3.63, 3.8) is 0 Å². The molecule has 0 fully saturated rings. The van der Waals surface area contributed by atoms with Crippen molar-refractivity contribution in [3.8, 4) is 0 Å². The topological polar surface area (TPSA) is 105 Å². The molecule has 8 heteroatoms. The molecule has 0 aliphatic rings. The minimum Gasteiger partial charge on any atom is -0.477 e. The molecule has 0 aliphatic heterocycles. The van der Waals surface area contributed by atoms with E-state index in [9.17, 15) is 14.9 Å². The van der Waals surface area contributed by atoms with E-state index in [0.29, 0.717) is 11.6 Å². The number of rotatable bonds is 5. The number of nitrogens with zero attached hydrogens (tertiary/aromatic N) is 2.